The van der Waals surface area contributed by atoms with E-state index in [1.54, 1.807) is 18.5 Å². The van der Waals surface area contributed by atoms with Crippen LogP contribution < -0.4 is 5.32 Å². The maximum Gasteiger partial charge on any atom is 0.0964 e. The van der Waals surface area contributed by atoms with Crippen molar-refractivity contribution in [2.45, 2.75) is 45.4 Å². The highest BCUT2D eigenvalue weighted by Crippen LogP contribution is 2.27. The fourth-order valence-corrected chi connectivity index (χ4v) is 1.62. The van der Waals surface area contributed by atoms with Gasteiger partial charge in [0.1, 0.15) is 0 Å². The number of hydrogen-bond donors (Lipinski definition) is 2. The minimum absolute atomic E-state index is 0.475. The van der Waals surface area contributed by atoms with Crippen LogP contribution in [-0.2, 0) is 13.1 Å². The second kappa shape index (κ2) is 4.51. The Morgan fingerprint density at radius 3 is 2.94 bits per heavy atom. The Bertz CT molecular complexity index is 338. The van der Waals surface area contributed by atoms with Gasteiger partial charge in [-0.1, -0.05) is 5.21 Å². The predicted molar refractivity (Wildman–Crippen MR) is 60.8 cm³/mol. The number of hydrogen-bond acceptors (Lipinski definition) is 4. The summed E-state index contributed by atoms with van der Waals surface area (Å²) in [5, 5.41) is 21.0. The lowest BCUT2D eigenvalue weighted by Crippen LogP contribution is -2.26. The predicted octanol–water partition coefficient (Wildman–Crippen LogP) is 0.549. The lowest BCUT2D eigenvalue weighted by molar-refractivity contribution is 0.0571. The second-order valence-corrected chi connectivity index (χ2v) is 5.29. The molecule has 0 radical (unpaired) electrons. The van der Waals surface area contributed by atoms with Crippen LogP contribution in [0.5, 0.6) is 0 Å². The molecule has 1 heterocycles. The van der Waals surface area contributed by atoms with E-state index in [2.05, 4.69) is 15.6 Å². The van der Waals surface area contributed by atoms with E-state index >= 15 is 0 Å². The van der Waals surface area contributed by atoms with Gasteiger partial charge < -0.3 is 10.4 Å². The topological polar surface area (TPSA) is 63.0 Å². The van der Waals surface area contributed by atoms with E-state index in [1.807, 2.05) is 6.20 Å². The van der Waals surface area contributed by atoms with Crippen LogP contribution in [0.2, 0.25) is 0 Å². The summed E-state index contributed by atoms with van der Waals surface area (Å²) in [6, 6.07) is 0. The van der Waals surface area contributed by atoms with Crippen molar-refractivity contribution < 1.29 is 5.11 Å². The average molecular weight is 224 g/mol. The summed E-state index contributed by atoms with van der Waals surface area (Å²) >= 11 is 0. The Kier molecular flexibility index (Phi) is 3.25. The molecule has 0 amide bonds. The van der Waals surface area contributed by atoms with Crippen molar-refractivity contribution in [1.82, 2.24) is 20.3 Å². The highest BCUT2D eigenvalue weighted by Gasteiger charge is 2.20. The van der Waals surface area contributed by atoms with Gasteiger partial charge in [0.15, 0.2) is 0 Å². The van der Waals surface area contributed by atoms with Crippen molar-refractivity contribution in [2.75, 3.05) is 6.54 Å². The van der Waals surface area contributed by atoms with Gasteiger partial charge >= 0.3 is 0 Å². The molecular formula is C11H20N4O. The molecule has 1 saturated carbocycles. The van der Waals surface area contributed by atoms with E-state index in [0.717, 1.165) is 24.7 Å². The summed E-state index contributed by atoms with van der Waals surface area (Å²) in [5.74, 6) is 0.881. The fraction of sp³-hybridized carbons (Fsp3) is 0.818. The normalized spacial score (nSPS) is 16.7. The zero-order valence-electron chi connectivity index (χ0n) is 9.98. The first kappa shape index (κ1) is 11.5. The lowest BCUT2D eigenvalue weighted by atomic mass is 10.1. The Morgan fingerprint density at radius 1 is 1.56 bits per heavy atom. The Morgan fingerprint density at radius 2 is 2.31 bits per heavy atom. The molecule has 0 bridgehead atoms. The first-order chi connectivity index (χ1) is 7.53. The van der Waals surface area contributed by atoms with E-state index in [-0.39, 0.29) is 0 Å². The molecule has 1 aliphatic rings. The molecule has 0 unspecified atom stereocenters. The standard InChI is InChI=1S/C11H20N4O/c1-11(2,16)8-15-7-10(13-14-15)6-12-5-9-3-4-9/h7,9,12,16H,3-6,8H2,1-2H3. The summed E-state index contributed by atoms with van der Waals surface area (Å²) < 4.78 is 1.69. The van der Waals surface area contributed by atoms with Crippen molar-refractivity contribution in [1.29, 1.82) is 0 Å². The molecule has 0 saturated heterocycles. The first-order valence-corrected chi connectivity index (χ1v) is 5.85. The molecule has 2 N–H and O–H groups in total. The molecule has 0 aromatic carbocycles. The van der Waals surface area contributed by atoms with E-state index in [0.29, 0.717) is 6.54 Å². The van der Waals surface area contributed by atoms with Gasteiger partial charge in [0.2, 0.25) is 0 Å². The molecule has 1 aromatic heterocycles. The second-order valence-electron chi connectivity index (χ2n) is 5.29. The van der Waals surface area contributed by atoms with Gasteiger partial charge in [0.25, 0.3) is 0 Å². The van der Waals surface area contributed by atoms with Gasteiger partial charge in [-0.05, 0) is 39.2 Å². The monoisotopic (exact) mass is 224 g/mol. The maximum absolute atomic E-state index is 9.63. The fourth-order valence-electron chi connectivity index (χ4n) is 1.62. The summed E-state index contributed by atoms with van der Waals surface area (Å²) in [6.45, 7) is 5.85. The van der Waals surface area contributed by atoms with Gasteiger partial charge in [-0.3, -0.25) is 0 Å². The SMILES string of the molecule is CC(C)(O)Cn1cc(CNCC2CC2)nn1. The molecule has 1 aromatic rings. The number of aliphatic hydroxyl groups is 1. The van der Waals surface area contributed by atoms with Crippen molar-refractivity contribution in [3.05, 3.63) is 11.9 Å². The molecule has 5 nitrogen and oxygen atoms in total. The van der Waals surface area contributed by atoms with Crippen LogP contribution in [0.1, 0.15) is 32.4 Å². The third-order valence-corrected chi connectivity index (χ3v) is 2.57. The molecule has 90 valence electrons. The van der Waals surface area contributed by atoms with Crippen LogP contribution in [0.15, 0.2) is 6.20 Å². The lowest BCUT2D eigenvalue weighted by Gasteiger charge is -2.15. The number of rotatable bonds is 6. The van der Waals surface area contributed by atoms with Gasteiger partial charge in [0.05, 0.1) is 17.8 Å². The molecule has 5 heteroatoms. The highest BCUT2D eigenvalue weighted by atomic mass is 16.3. The summed E-state index contributed by atoms with van der Waals surface area (Å²) in [4.78, 5) is 0. The largest absolute Gasteiger partial charge is 0.389 e. The molecular weight excluding hydrogens is 204 g/mol. The smallest absolute Gasteiger partial charge is 0.0964 e. The van der Waals surface area contributed by atoms with Crippen molar-refractivity contribution in [3.63, 3.8) is 0 Å². The maximum atomic E-state index is 9.63. The molecule has 1 fully saturated rings. The van der Waals surface area contributed by atoms with E-state index in [1.165, 1.54) is 12.8 Å². The average Bonchev–Trinajstić information content (AvgIpc) is 2.86. The minimum Gasteiger partial charge on any atom is -0.389 e. The Balaban J connectivity index is 1.77. The van der Waals surface area contributed by atoms with E-state index in [4.69, 9.17) is 0 Å². The van der Waals surface area contributed by atoms with Crippen molar-refractivity contribution in [3.8, 4) is 0 Å². The molecule has 1 aliphatic carbocycles. The molecule has 2 rings (SSSR count). The highest BCUT2D eigenvalue weighted by molar-refractivity contribution is 4.92. The van der Waals surface area contributed by atoms with Crippen LogP contribution in [0.4, 0.5) is 0 Å². The summed E-state index contributed by atoms with van der Waals surface area (Å²) in [7, 11) is 0. The summed E-state index contributed by atoms with van der Waals surface area (Å²) in [5.41, 5.74) is 0.191. The van der Waals surface area contributed by atoms with Crippen LogP contribution in [0.3, 0.4) is 0 Å². The van der Waals surface area contributed by atoms with Crippen molar-refractivity contribution in [2.24, 2.45) is 5.92 Å². The van der Waals surface area contributed by atoms with Crippen molar-refractivity contribution >= 4 is 0 Å². The molecule has 0 spiro atoms. The quantitative estimate of drug-likeness (QED) is 0.740. The minimum atomic E-state index is -0.744. The third-order valence-electron chi connectivity index (χ3n) is 2.57. The van der Waals surface area contributed by atoms with E-state index in [9.17, 15) is 5.11 Å². The molecule has 0 atom stereocenters. The number of aromatic nitrogens is 3. The molecule has 16 heavy (non-hydrogen) atoms. The van der Waals surface area contributed by atoms with Crippen LogP contribution in [0, 0.1) is 5.92 Å². The van der Waals surface area contributed by atoms with Gasteiger partial charge in [-0.15, -0.1) is 5.10 Å². The number of nitrogens with one attached hydrogen (secondary N) is 1. The number of nitrogens with zero attached hydrogens (tertiary/aromatic N) is 3. The zero-order chi connectivity index (χ0) is 11.6. The summed E-state index contributed by atoms with van der Waals surface area (Å²) in [6.07, 6.45) is 4.61. The third kappa shape index (κ3) is 3.90. The van der Waals surface area contributed by atoms with Crippen LogP contribution in [0.25, 0.3) is 0 Å². The van der Waals surface area contributed by atoms with Gasteiger partial charge in [-0.2, -0.15) is 0 Å². The Labute approximate surface area is 95.8 Å². The zero-order valence-corrected chi connectivity index (χ0v) is 9.98. The molecule has 0 aliphatic heterocycles. The first-order valence-electron chi connectivity index (χ1n) is 5.85. The van der Waals surface area contributed by atoms with Gasteiger partial charge in [0, 0.05) is 12.7 Å². The van der Waals surface area contributed by atoms with Gasteiger partial charge in [-0.25, -0.2) is 4.68 Å². The Hall–Kier alpha value is -0.940. The van der Waals surface area contributed by atoms with Crippen LogP contribution in [-0.4, -0.2) is 32.2 Å². The van der Waals surface area contributed by atoms with E-state index < -0.39 is 5.60 Å². The van der Waals surface area contributed by atoms with Crippen LogP contribution >= 0.6 is 0 Å².